The maximum absolute atomic E-state index is 5.98. The van der Waals surface area contributed by atoms with E-state index in [9.17, 15) is 0 Å². The van der Waals surface area contributed by atoms with Crippen LogP contribution in [-0.2, 0) is 5.88 Å². The summed E-state index contributed by atoms with van der Waals surface area (Å²) in [5.41, 5.74) is 1.75. The zero-order valence-corrected chi connectivity index (χ0v) is 10.0. The molecule has 0 radical (unpaired) electrons. The van der Waals surface area contributed by atoms with E-state index in [1.165, 1.54) is 0 Å². The van der Waals surface area contributed by atoms with Gasteiger partial charge in [-0.25, -0.2) is 4.98 Å². The van der Waals surface area contributed by atoms with Crippen LogP contribution in [0.2, 0.25) is 5.02 Å². The Morgan fingerprint density at radius 3 is 2.81 bits per heavy atom. The summed E-state index contributed by atoms with van der Waals surface area (Å²) in [6.45, 7) is 1.88. The molecule has 2 rings (SSSR count). The van der Waals surface area contributed by atoms with Crippen molar-refractivity contribution in [1.29, 1.82) is 0 Å². The number of nitrogens with one attached hydrogen (secondary N) is 1. The third-order valence-electron chi connectivity index (χ3n) is 1.90. The minimum atomic E-state index is 0.321. The van der Waals surface area contributed by atoms with Crippen LogP contribution in [0.5, 0.6) is 11.8 Å². The molecule has 4 nitrogen and oxygen atoms in total. The van der Waals surface area contributed by atoms with Gasteiger partial charge in [-0.3, -0.25) is 5.10 Å². The fourth-order valence-electron chi connectivity index (χ4n) is 1.16. The van der Waals surface area contributed by atoms with E-state index in [1.54, 1.807) is 18.3 Å². The lowest BCUT2D eigenvalue weighted by Crippen LogP contribution is -1.91. The van der Waals surface area contributed by atoms with Crippen molar-refractivity contribution in [3.05, 3.63) is 34.6 Å². The SMILES string of the molecule is Cc1cc(Oc2ncc(CCl)cc2Cl)n[nH]1. The molecule has 2 aromatic heterocycles. The van der Waals surface area contributed by atoms with Crippen molar-refractivity contribution in [3.8, 4) is 11.8 Å². The van der Waals surface area contributed by atoms with Crippen LogP contribution in [0.4, 0.5) is 0 Å². The Labute approximate surface area is 103 Å². The predicted molar refractivity (Wildman–Crippen MR) is 62.2 cm³/mol. The first-order chi connectivity index (χ1) is 7.69. The van der Waals surface area contributed by atoms with Crippen LogP contribution in [0.1, 0.15) is 11.3 Å². The second-order valence-electron chi connectivity index (χ2n) is 3.26. The molecule has 0 atom stereocenters. The van der Waals surface area contributed by atoms with Gasteiger partial charge in [-0.1, -0.05) is 11.6 Å². The number of halogens is 2. The highest BCUT2D eigenvalue weighted by atomic mass is 35.5. The van der Waals surface area contributed by atoms with Crippen molar-refractivity contribution in [3.63, 3.8) is 0 Å². The molecule has 0 saturated heterocycles. The minimum Gasteiger partial charge on any atom is -0.417 e. The molecule has 2 aromatic rings. The maximum Gasteiger partial charge on any atom is 0.240 e. The topological polar surface area (TPSA) is 50.8 Å². The molecule has 0 aromatic carbocycles. The highest BCUT2D eigenvalue weighted by molar-refractivity contribution is 6.32. The number of aryl methyl sites for hydroxylation is 1. The first-order valence-corrected chi connectivity index (χ1v) is 5.50. The number of rotatable bonds is 3. The Bertz CT molecular complexity index is 499. The Hall–Kier alpha value is -1.26. The second-order valence-corrected chi connectivity index (χ2v) is 3.93. The molecule has 0 aliphatic rings. The minimum absolute atomic E-state index is 0.321. The standard InChI is InChI=1S/C10H9Cl2N3O/c1-6-2-9(15-14-6)16-10-8(12)3-7(4-11)5-13-10/h2-3,5H,4H2,1H3,(H,14,15). The summed E-state index contributed by atoms with van der Waals surface area (Å²) in [5.74, 6) is 1.13. The molecule has 6 heteroatoms. The smallest absolute Gasteiger partial charge is 0.240 e. The first kappa shape index (κ1) is 11.2. The number of nitrogens with zero attached hydrogens (tertiary/aromatic N) is 2. The van der Waals surface area contributed by atoms with Crippen LogP contribution >= 0.6 is 23.2 Å². The van der Waals surface area contributed by atoms with Gasteiger partial charge in [-0.15, -0.1) is 16.7 Å². The molecule has 0 spiro atoms. The summed E-state index contributed by atoms with van der Waals surface area (Å²) in [6.07, 6.45) is 1.62. The summed E-state index contributed by atoms with van der Waals surface area (Å²) in [4.78, 5) is 4.06. The van der Waals surface area contributed by atoms with Crippen molar-refractivity contribution < 1.29 is 4.74 Å². The molecule has 0 aliphatic heterocycles. The molecule has 0 bridgehead atoms. The highest BCUT2D eigenvalue weighted by Crippen LogP contribution is 2.27. The zero-order valence-electron chi connectivity index (χ0n) is 8.50. The monoisotopic (exact) mass is 257 g/mol. The lowest BCUT2D eigenvalue weighted by Gasteiger charge is -2.03. The highest BCUT2D eigenvalue weighted by Gasteiger charge is 2.07. The molecular weight excluding hydrogens is 249 g/mol. The predicted octanol–water partition coefficient (Wildman–Crippen LogP) is 3.30. The van der Waals surface area contributed by atoms with E-state index in [2.05, 4.69) is 15.2 Å². The third kappa shape index (κ3) is 2.46. The van der Waals surface area contributed by atoms with Crippen molar-refractivity contribution in [2.24, 2.45) is 0 Å². The lowest BCUT2D eigenvalue weighted by atomic mass is 10.3. The summed E-state index contributed by atoms with van der Waals surface area (Å²) >= 11 is 11.6. The average molecular weight is 258 g/mol. The van der Waals surface area contributed by atoms with Crippen LogP contribution in [0.25, 0.3) is 0 Å². The first-order valence-electron chi connectivity index (χ1n) is 4.59. The van der Waals surface area contributed by atoms with Gasteiger partial charge < -0.3 is 4.74 Å². The lowest BCUT2D eigenvalue weighted by molar-refractivity contribution is 0.443. The molecule has 0 fully saturated rings. The van der Waals surface area contributed by atoms with Gasteiger partial charge in [0, 0.05) is 23.8 Å². The van der Waals surface area contributed by atoms with Crippen molar-refractivity contribution in [2.75, 3.05) is 0 Å². The largest absolute Gasteiger partial charge is 0.417 e. The van der Waals surface area contributed by atoms with Crippen molar-refractivity contribution in [2.45, 2.75) is 12.8 Å². The quantitative estimate of drug-likeness (QED) is 0.859. The normalized spacial score (nSPS) is 10.4. The summed E-state index contributed by atoms with van der Waals surface area (Å²) < 4.78 is 5.40. The van der Waals surface area contributed by atoms with Crippen molar-refractivity contribution >= 4 is 23.2 Å². The molecule has 0 aliphatic carbocycles. The van der Waals surface area contributed by atoms with E-state index in [-0.39, 0.29) is 0 Å². The molecule has 0 saturated carbocycles. The molecular formula is C10H9Cl2N3O. The van der Waals surface area contributed by atoms with Crippen LogP contribution in [0.3, 0.4) is 0 Å². The number of hydrogen-bond acceptors (Lipinski definition) is 3. The van der Waals surface area contributed by atoms with Gasteiger partial charge in [0.2, 0.25) is 11.8 Å². The number of ether oxygens (including phenoxy) is 1. The Morgan fingerprint density at radius 2 is 2.25 bits per heavy atom. The van der Waals surface area contributed by atoms with E-state index in [0.717, 1.165) is 11.3 Å². The second kappa shape index (κ2) is 4.72. The van der Waals surface area contributed by atoms with Crippen LogP contribution in [0, 0.1) is 6.92 Å². The van der Waals surface area contributed by atoms with Gasteiger partial charge in [0.25, 0.3) is 0 Å². The van der Waals surface area contributed by atoms with Crippen LogP contribution in [0.15, 0.2) is 18.3 Å². The van der Waals surface area contributed by atoms with Gasteiger partial charge in [-0.2, -0.15) is 0 Å². The zero-order chi connectivity index (χ0) is 11.5. The van der Waals surface area contributed by atoms with E-state index < -0.39 is 0 Å². The Morgan fingerprint density at radius 1 is 1.44 bits per heavy atom. The number of hydrogen-bond donors (Lipinski definition) is 1. The van der Waals surface area contributed by atoms with Gasteiger partial charge >= 0.3 is 0 Å². The van der Waals surface area contributed by atoms with Crippen LogP contribution in [-0.4, -0.2) is 15.2 Å². The van der Waals surface area contributed by atoms with E-state index in [1.807, 2.05) is 6.92 Å². The fraction of sp³-hybridized carbons (Fsp3) is 0.200. The van der Waals surface area contributed by atoms with Gasteiger partial charge in [-0.05, 0) is 18.6 Å². The van der Waals surface area contributed by atoms with E-state index >= 15 is 0 Å². The Kier molecular flexibility index (Phi) is 3.31. The maximum atomic E-state index is 5.98. The number of aromatic amines is 1. The van der Waals surface area contributed by atoms with Crippen molar-refractivity contribution in [1.82, 2.24) is 15.2 Å². The number of pyridine rings is 1. The molecule has 0 amide bonds. The van der Waals surface area contributed by atoms with E-state index in [4.69, 9.17) is 27.9 Å². The average Bonchev–Trinajstić information content (AvgIpc) is 2.67. The molecule has 16 heavy (non-hydrogen) atoms. The summed E-state index contributed by atoms with van der Waals surface area (Å²) in [5, 5.41) is 7.10. The molecule has 84 valence electrons. The van der Waals surface area contributed by atoms with Gasteiger partial charge in [0.1, 0.15) is 5.02 Å². The Balaban J connectivity index is 2.21. The van der Waals surface area contributed by atoms with E-state index in [0.29, 0.717) is 22.7 Å². The van der Waals surface area contributed by atoms with Crippen LogP contribution < -0.4 is 4.74 Å². The summed E-state index contributed by atoms with van der Waals surface area (Å²) in [7, 11) is 0. The number of aromatic nitrogens is 3. The number of alkyl halides is 1. The molecule has 1 N–H and O–H groups in total. The summed E-state index contributed by atoms with van der Waals surface area (Å²) in [6, 6.07) is 3.48. The van der Waals surface area contributed by atoms with Gasteiger partial charge in [0.15, 0.2) is 0 Å². The molecule has 0 unspecified atom stereocenters. The fourth-order valence-corrected chi connectivity index (χ4v) is 1.53. The number of H-pyrrole nitrogens is 1. The molecule has 2 heterocycles. The van der Waals surface area contributed by atoms with Gasteiger partial charge in [0.05, 0.1) is 0 Å². The third-order valence-corrected chi connectivity index (χ3v) is 2.48.